The van der Waals surface area contributed by atoms with Crippen molar-refractivity contribution in [3.05, 3.63) is 42.2 Å². The van der Waals surface area contributed by atoms with Crippen LogP contribution in [-0.2, 0) is 4.74 Å². The molecule has 1 aliphatic heterocycles. The van der Waals surface area contributed by atoms with Crippen LogP contribution in [0.2, 0.25) is 0 Å². The first-order chi connectivity index (χ1) is 11.7. The second-order valence-corrected chi connectivity index (χ2v) is 6.52. The van der Waals surface area contributed by atoms with E-state index in [0.29, 0.717) is 25.2 Å². The van der Waals surface area contributed by atoms with Crippen LogP contribution in [0.15, 0.2) is 36.7 Å². The maximum Gasteiger partial charge on any atom is 0.251 e. The largest absolute Gasteiger partial charge is 0.392 e. The Balaban J connectivity index is 1.50. The molecule has 0 radical (unpaired) electrons. The molecular formula is C17H20N4O3. The number of hydrogen-bond acceptors (Lipinski definition) is 5. The van der Waals surface area contributed by atoms with Gasteiger partial charge in [0, 0.05) is 30.2 Å². The molecule has 2 atom stereocenters. The van der Waals surface area contributed by atoms with Crippen LogP contribution in [0.1, 0.15) is 29.6 Å². The molecule has 7 heteroatoms. The Labute approximate surface area is 139 Å². The lowest BCUT2D eigenvalue weighted by Gasteiger charge is -2.55. The van der Waals surface area contributed by atoms with Gasteiger partial charge in [-0.15, -0.1) is 5.10 Å². The fourth-order valence-corrected chi connectivity index (χ4v) is 3.78. The van der Waals surface area contributed by atoms with Gasteiger partial charge in [-0.05, 0) is 37.5 Å². The third-order valence-electron chi connectivity index (χ3n) is 5.34. The summed E-state index contributed by atoms with van der Waals surface area (Å²) in [4.78, 5) is 12.6. The number of ether oxygens (including phenoxy) is 1. The molecular weight excluding hydrogens is 308 g/mol. The monoisotopic (exact) mass is 328 g/mol. The van der Waals surface area contributed by atoms with E-state index in [0.717, 1.165) is 18.5 Å². The SMILES string of the molecule is O=C(N[C@@H]1C[C@@H](O)C12CCOCC2)c1cccc(-n2ccnn2)c1. The molecule has 4 rings (SSSR count). The van der Waals surface area contributed by atoms with Crippen LogP contribution in [0, 0.1) is 5.41 Å². The van der Waals surface area contributed by atoms with Gasteiger partial charge in [0.1, 0.15) is 0 Å². The highest BCUT2D eigenvalue weighted by Crippen LogP contribution is 2.49. The number of carbonyl (C=O) groups is 1. The molecule has 2 aliphatic rings. The van der Waals surface area contributed by atoms with E-state index in [1.165, 1.54) is 0 Å². The standard InChI is InChI=1S/C17H20N4O3/c22-15-11-14(17(15)4-8-24-9-5-17)19-16(23)12-2-1-3-13(10-12)21-7-6-18-20-21/h1-3,6-7,10,14-15,22H,4-5,8-9,11H2,(H,19,23)/t14-,15-/m1/s1. The average Bonchev–Trinajstić information content (AvgIpc) is 3.17. The number of aromatic nitrogens is 3. The van der Waals surface area contributed by atoms with E-state index in [9.17, 15) is 9.90 Å². The fraction of sp³-hybridized carbons (Fsp3) is 0.471. The Kier molecular flexibility index (Phi) is 3.82. The van der Waals surface area contributed by atoms with Crippen LogP contribution in [0.3, 0.4) is 0 Å². The van der Waals surface area contributed by atoms with Gasteiger partial charge in [-0.3, -0.25) is 4.79 Å². The normalized spacial score (nSPS) is 25.2. The zero-order valence-corrected chi connectivity index (χ0v) is 13.3. The Morgan fingerprint density at radius 3 is 2.92 bits per heavy atom. The van der Waals surface area contributed by atoms with Gasteiger partial charge in [-0.2, -0.15) is 0 Å². The molecule has 2 heterocycles. The first kappa shape index (κ1) is 15.3. The number of benzene rings is 1. The number of rotatable bonds is 3. The highest BCUT2D eigenvalue weighted by molar-refractivity contribution is 5.95. The fourth-order valence-electron chi connectivity index (χ4n) is 3.78. The van der Waals surface area contributed by atoms with E-state index in [1.807, 2.05) is 12.1 Å². The van der Waals surface area contributed by atoms with Gasteiger partial charge in [0.15, 0.2) is 0 Å². The third kappa shape index (κ3) is 2.50. The number of aliphatic hydroxyl groups excluding tert-OH is 1. The van der Waals surface area contributed by atoms with E-state index in [4.69, 9.17) is 4.74 Å². The molecule has 1 aromatic carbocycles. The number of amides is 1. The lowest BCUT2D eigenvalue weighted by molar-refractivity contribution is -0.145. The molecule has 2 N–H and O–H groups in total. The van der Waals surface area contributed by atoms with Crippen molar-refractivity contribution in [2.24, 2.45) is 5.41 Å². The van der Waals surface area contributed by atoms with Crippen molar-refractivity contribution in [3.8, 4) is 5.69 Å². The molecule has 0 bridgehead atoms. The molecule has 1 aromatic heterocycles. The van der Waals surface area contributed by atoms with Gasteiger partial charge in [0.2, 0.25) is 0 Å². The zero-order valence-electron chi connectivity index (χ0n) is 13.3. The number of hydrogen-bond donors (Lipinski definition) is 2. The molecule has 2 aromatic rings. The second-order valence-electron chi connectivity index (χ2n) is 6.52. The number of nitrogens with one attached hydrogen (secondary N) is 1. The molecule has 7 nitrogen and oxygen atoms in total. The minimum Gasteiger partial charge on any atom is -0.392 e. The Hall–Kier alpha value is -2.25. The zero-order chi connectivity index (χ0) is 16.6. The molecule has 1 amide bonds. The summed E-state index contributed by atoms with van der Waals surface area (Å²) in [6, 6.07) is 7.26. The minimum atomic E-state index is -0.354. The van der Waals surface area contributed by atoms with Crippen LogP contribution in [0.4, 0.5) is 0 Å². The van der Waals surface area contributed by atoms with Crippen molar-refractivity contribution in [2.45, 2.75) is 31.4 Å². The predicted octanol–water partition coefficient (Wildman–Crippen LogP) is 0.927. The molecule has 1 spiro atoms. The Morgan fingerprint density at radius 1 is 1.38 bits per heavy atom. The van der Waals surface area contributed by atoms with E-state index in [2.05, 4.69) is 15.6 Å². The molecule has 24 heavy (non-hydrogen) atoms. The maximum absolute atomic E-state index is 12.6. The van der Waals surface area contributed by atoms with Crippen LogP contribution >= 0.6 is 0 Å². The van der Waals surface area contributed by atoms with Gasteiger partial charge in [-0.25, -0.2) is 4.68 Å². The molecule has 2 fully saturated rings. The highest BCUT2D eigenvalue weighted by atomic mass is 16.5. The first-order valence-electron chi connectivity index (χ1n) is 8.22. The second kappa shape index (κ2) is 5.99. The summed E-state index contributed by atoms with van der Waals surface area (Å²) in [5.41, 5.74) is 1.14. The topological polar surface area (TPSA) is 89.3 Å². The molecule has 1 saturated carbocycles. The van der Waals surface area contributed by atoms with Gasteiger partial charge in [0.05, 0.1) is 24.2 Å². The summed E-state index contributed by atoms with van der Waals surface area (Å²) in [5.74, 6) is -0.125. The van der Waals surface area contributed by atoms with E-state index >= 15 is 0 Å². The molecule has 126 valence electrons. The Morgan fingerprint density at radius 2 is 2.21 bits per heavy atom. The van der Waals surface area contributed by atoms with Crippen molar-refractivity contribution in [2.75, 3.05) is 13.2 Å². The van der Waals surface area contributed by atoms with Crippen molar-refractivity contribution in [1.82, 2.24) is 20.3 Å². The van der Waals surface area contributed by atoms with Crippen molar-refractivity contribution < 1.29 is 14.6 Å². The molecule has 1 aliphatic carbocycles. The van der Waals surface area contributed by atoms with E-state index in [1.54, 1.807) is 29.2 Å². The lowest BCUT2D eigenvalue weighted by atomic mass is 9.58. The summed E-state index contributed by atoms with van der Waals surface area (Å²) in [7, 11) is 0. The minimum absolute atomic E-state index is 0.000994. The van der Waals surface area contributed by atoms with Crippen LogP contribution in [0.25, 0.3) is 5.69 Å². The third-order valence-corrected chi connectivity index (χ3v) is 5.34. The lowest BCUT2D eigenvalue weighted by Crippen LogP contribution is -2.65. The summed E-state index contributed by atoms with van der Waals surface area (Å²) in [6.45, 7) is 1.29. The summed E-state index contributed by atoms with van der Waals surface area (Å²) in [5, 5.41) is 21.0. The first-order valence-corrected chi connectivity index (χ1v) is 8.22. The van der Waals surface area contributed by atoms with Crippen LogP contribution in [0.5, 0.6) is 0 Å². The molecule has 0 unspecified atom stereocenters. The van der Waals surface area contributed by atoms with Crippen molar-refractivity contribution in [3.63, 3.8) is 0 Å². The van der Waals surface area contributed by atoms with Crippen LogP contribution in [-0.4, -0.2) is 51.4 Å². The summed E-state index contributed by atoms with van der Waals surface area (Å²) >= 11 is 0. The Bertz CT molecular complexity index is 725. The predicted molar refractivity (Wildman–Crippen MR) is 85.7 cm³/mol. The van der Waals surface area contributed by atoms with Gasteiger partial charge in [-0.1, -0.05) is 11.3 Å². The number of carbonyl (C=O) groups excluding carboxylic acids is 1. The summed E-state index contributed by atoms with van der Waals surface area (Å²) in [6.07, 6.45) is 5.16. The number of aliphatic hydroxyl groups is 1. The molecule has 1 saturated heterocycles. The van der Waals surface area contributed by atoms with E-state index in [-0.39, 0.29) is 23.5 Å². The van der Waals surface area contributed by atoms with Crippen LogP contribution < -0.4 is 5.32 Å². The average molecular weight is 328 g/mol. The quantitative estimate of drug-likeness (QED) is 0.875. The van der Waals surface area contributed by atoms with Gasteiger partial charge < -0.3 is 15.2 Å². The van der Waals surface area contributed by atoms with Crippen molar-refractivity contribution >= 4 is 5.91 Å². The van der Waals surface area contributed by atoms with Gasteiger partial charge in [0.25, 0.3) is 5.91 Å². The van der Waals surface area contributed by atoms with Gasteiger partial charge >= 0.3 is 0 Å². The van der Waals surface area contributed by atoms with Crippen molar-refractivity contribution in [1.29, 1.82) is 0 Å². The van der Waals surface area contributed by atoms with E-state index < -0.39 is 0 Å². The maximum atomic E-state index is 12.6. The highest BCUT2D eigenvalue weighted by Gasteiger charge is 2.55. The summed E-state index contributed by atoms with van der Waals surface area (Å²) < 4.78 is 7.02. The smallest absolute Gasteiger partial charge is 0.251 e. The number of nitrogens with zero attached hydrogens (tertiary/aromatic N) is 3.